The van der Waals surface area contributed by atoms with E-state index in [4.69, 9.17) is 4.74 Å². The molecular weight excluding hydrogens is 246 g/mol. The van der Waals surface area contributed by atoms with Crippen LogP contribution in [0.1, 0.15) is 59.3 Å². The summed E-state index contributed by atoms with van der Waals surface area (Å²) in [6.07, 6.45) is 4.42. The highest BCUT2D eigenvalue weighted by atomic mass is 16.6. The molecule has 0 atom stereocenters. The lowest BCUT2D eigenvalue weighted by atomic mass is 9.72. The smallest absolute Gasteiger partial charge is 0.407 e. The van der Waals surface area contributed by atoms with Crippen LogP contribution in [-0.4, -0.2) is 29.3 Å². The highest BCUT2D eigenvalue weighted by Crippen LogP contribution is 2.39. The van der Waals surface area contributed by atoms with Crippen molar-refractivity contribution in [3.8, 4) is 0 Å². The molecule has 5 nitrogen and oxygen atoms in total. The van der Waals surface area contributed by atoms with E-state index >= 15 is 0 Å². The van der Waals surface area contributed by atoms with Gasteiger partial charge in [-0.1, -0.05) is 19.3 Å². The Morgan fingerprint density at radius 3 is 2.26 bits per heavy atom. The van der Waals surface area contributed by atoms with Gasteiger partial charge in [-0.05, 0) is 40.0 Å². The van der Waals surface area contributed by atoms with Gasteiger partial charge in [0.15, 0.2) is 0 Å². The minimum atomic E-state index is -0.738. The van der Waals surface area contributed by atoms with Gasteiger partial charge in [-0.25, -0.2) is 4.79 Å². The van der Waals surface area contributed by atoms with Gasteiger partial charge in [0.05, 0.1) is 5.41 Å². The zero-order valence-electron chi connectivity index (χ0n) is 12.1. The molecule has 0 aromatic rings. The van der Waals surface area contributed by atoms with E-state index in [1.165, 1.54) is 0 Å². The van der Waals surface area contributed by atoms with Crippen LogP contribution in [0.15, 0.2) is 0 Å². The normalized spacial score (nSPS) is 18.7. The highest BCUT2D eigenvalue weighted by Gasteiger charge is 2.39. The summed E-state index contributed by atoms with van der Waals surface area (Å²) in [6.45, 7) is 5.74. The van der Waals surface area contributed by atoms with Crippen LogP contribution in [0.2, 0.25) is 0 Å². The molecule has 2 N–H and O–H groups in total. The molecule has 0 aliphatic heterocycles. The summed E-state index contributed by atoms with van der Waals surface area (Å²) in [4.78, 5) is 22.9. The van der Waals surface area contributed by atoms with Crippen molar-refractivity contribution >= 4 is 12.1 Å². The molecule has 1 amide bonds. The number of carboxylic acids is 1. The average molecular weight is 271 g/mol. The fourth-order valence-electron chi connectivity index (χ4n) is 2.52. The van der Waals surface area contributed by atoms with Crippen molar-refractivity contribution in [1.82, 2.24) is 5.32 Å². The number of hydrogen-bond acceptors (Lipinski definition) is 3. The molecule has 0 aromatic carbocycles. The van der Waals surface area contributed by atoms with Crippen LogP contribution in [0.3, 0.4) is 0 Å². The standard InChI is InChI=1S/C14H25NO4/c1-13(2,3)19-12(18)15-10-9-14(11(16)17)7-5-4-6-8-14/h4-10H2,1-3H3,(H,15,18)(H,16,17). The third kappa shape index (κ3) is 5.09. The zero-order valence-corrected chi connectivity index (χ0v) is 12.1. The van der Waals surface area contributed by atoms with E-state index in [2.05, 4.69) is 5.32 Å². The zero-order chi connectivity index (χ0) is 14.5. The monoisotopic (exact) mass is 271 g/mol. The van der Waals surface area contributed by atoms with Crippen LogP contribution in [-0.2, 0) is 9.53 Å². The van der Waals surface area contributed by atoms with Crippen LogP contribution in [0.25, 0.3) is 0 Å². The van der Waals surface area contributed by atoms with E-state index < -0.39 is 23.1 Å². The molecule has 1 rings (SSSR count). The third-order valence-electron chi connectivity index (χ3n) is 3.54. The highest BCUT2D eigenvalue weighted by molar-refractivity contribution is 5.75. The van der Waals surface area contributed by atoms with Crippen LogP contribution in [0.5, 0.6) is 0 Å². The lowest BCUT2D eigenvalue weighted by molar-refractivity contribution is -0.151. The predicted octanol–water partition coefficient (Wildman–Crippen LogP) is 2.94. The average Bonchev–Trinajstić information content (AvgIpc) is 2.27. The number of rotatable bonds is 4. The largest absolute Gasteiger partial charge is 0.481 e. The van der Waals surface area contributed by atoms with Crippen LogP contribution >= 0.6 is 0 Å². The summed E-state index contributed by atoms with van der Waals surface area (Å²) in [6, 6.07) is 0. The summed E-state index contributed by atoms with van der Waals surface area (Å²) in [7, 11) is 0. The molecule has 0 saturated heterocycles. The fourth-order valence-corrected chi connectivity index (χ4v) is 2.52. The van der Waals surface area contributed by atoms with Crippen molar-refractivity contribution in [1.29, 1.82) is 0 Å². The maximum Gasteiger partial charge on any atom is 0.407 e. The first-order valence-corrected chi connectivity index (χ1v) is 6.95. The van der Waals surface area contributed by atoms with Crippen LogP contribution in [0, 0.1) is 5.41 Å². The molecule has 0 spiro atoms. The minimum Gasteiger partial charge on any atom is -0.481 e. The molecule has 0 unspecified atom stereocenters. The summed E-state index contributed by atoms with van der Waals surface area (Å²) in [5.41, 5.74) is -1.19. The van der Waals surface area contributed by atoms with Gasteiger partial charge in [0, 0.05) is 6.54 Å². The van der Waals surface area contributed by atoms with Crippen molar-refractivity contribution in [3.63, 3.8) is 0 Å². The number of carboxylic acid groups (broad SMARTS) is 1. The summed E-state index contributed by atoms with van der Waals surface area (Å²) in [5.74, 6) is -0.738. The second kappa shape index (κ2) is 6.26. The molecule has 1 aliphatic carbocycles. The lowest BCUT2D eigenvalue weighted by Crippen LogP contribution is -2.39. The van der Waals surface area contributed by atoms with E-state index in [0.29, 0.717) is 25.8 Å². The molecule has 0 radical (unpaired) electrons. The Balaban J connectivity index is 2.41. The quantitative estimate of drug-likeness (QED) is 0.824. The first-order valence-electron chi connectivity index (χ1n) is 6.95. The van der Waals surface area contributed by atoms with E-state index in [1.54, 1.807) is 20.8 Å². The molecule has 1 aliphatic rings. The van der Waals surface area contributed by atoms with Gasteiger partial charge >= 0.3 is 12.1 Å². The Kier molecular flexibility index (Phi) is 5.20. The van der Waals surface area contributed by atoms with Crippen molar-refractivity contribution < 1.29 is 19.4 Å². The molecule has 0 bridgehead atoms. The Bertz CT molecular complexity index is 327. The summed E-state index contributed by atoms with van der Waals surface area (Å²) < 4.78 is 5.12. The van der Waals surface area contributed by atoms with Crippen molar-refractivity contribution in [2.75, 3.05) is 6.54 Å². The topological polar surface area (TPSA) is 75.6 Å². The Morgan fingerprint density at radius 1 is 1.21 bits per heavy atom. The van der Waals surface area contributed by atoms with Gasteiger partial charge in [-0.15, -0.1) is 0 Å². The van der Waals surface area contributed by atoms with Gasteiger partial charge in [0.1, 0.15) is 5.60 Å². The third-order valence-corrected chi connectivity index (χ3v) is 3.54. The minimum absolute atomic E-state index is 0.348. The Hall–Kier alpha value is -1.26. The Labute approximate surface area is 114 Å². The number of hydrogen-bond donors (Lipinski definition) is 2. The second-order valence-corrected chi connectivity index (χ2v) is 6.32. The van der Waals surface area contributed by atoms with Crippen molar-refractivity contribution in [3.05, 3.63) is 0 Å². The molecule has 0 aromatic heterocycles. The van der Waals surface area contributed by atoms with Crippen LogP contribution in [0.4, 0.5) is 4.79 Å². The number of carbonyl (C=O) groups excluding carboxylic acids is 1. The SMILES string of the molecule is CC(C)(C)OC(=O)NCCC1(C(=O)O)CCCCC1. The van der Waals surface area contributed by atoms with E-state index in [0.717, 1.165) is 19.3 Å². The molecule has 1 saturated carbocycles. The lowest BCUT2D eigenvalue weighted by Gasteiger charge is -2.33. The van der Waals surface area contributed by atoms with Crippen molar-refractivity contribution in [2.45, 2.75) is 64.9 Å². The fraction of sp³-hybridized carbons (Fsp3) is 0.857. The number of nitrogens with one attached hydrogen (secondary N) is 1. The van der Waals surface area contributed by atoms with Gasteiger partial charge < -0.3 is 15.2 Å². The molecule has 110 valence electrons. The molecule has 19 heavy (non-hydrogen) atoms. The van der Waals surface area contributed by atoms with Crippen LogP contribution < -0.4 is 5.32 Å². The molecule has 5 heteroatoms. The number of carbonyl (C=O) groups is 2. The van der Waals surface area contributed by atoms with E-state index in [1.807, 2.05) is 0 Å². The summed E-state index contributed by atoms with van der Waals surface area (Å²) >= 11 is 0. The van der Waals surface area contributed by atoms with Gasteiger partial charge in [-0.3, -0.25) is 4.79 Å². The first kappa shape index (κ1) is 15.8. The number of ether oxygens (including phenoxy) is 1. The Morgan fingerprint density at radius 2 is 1.79 bits per heavy atom. The maximum atomic E-state index is 11.5. The first-order chi connectivity index (χ1) is 8.75. The molecule has 0 heterocycles. The van der Waals surface area contributed by atoms with Gasteiger partial charge in [0.2, 0.25) is 0 Å². The van der Waals surface area contributed by atoms with Gasteiger partial charge in [-0.2, -0.15) is 0 Å². The number of amides is 1. The van der Waals surface area contributed by atoms with E-state index in [9.17, 15) is 14.7 Å². The predicted molar refractivity (Wildman–Crippen MR) is 72.0 cm³/mol. The van der Waals surface area contributed by atoms with Gasteiger partial charge in [0.25, 0.3) is 0 Å². The molecular formula is C14H25NO4. The molecule has 1 fully saturated rings. The number of aliphatic carboxylic acids is 1. The summed E-state index contributed by atoms with van der Waals surface area (Å²) in [5, 5.41) is 12.0. The van der Waals surface area contributed by atoms with Crippen molar-refractivity contribution in [2.24, 2.45) is 5.41 Å². The van der Waals surface area contributed by atoms with E-state index in [-0.39, 0.29) is 0 Å². The maximum absolute atomic E-state index is 11.5. The second-order valence-electron chi connectivity index (χ2n) is 6.32. The number of alkyl carbamates (subject to hydrolysis) is 1.